The zero-order valence-electron chi connectivity index (χ0n) is 12.0. The van der Waals surface area contributed by atoms with Crippen LogP contribution in [0.25, 0.3) is 10.4 Å². The molecular formula is C18H15NOS2. The number of fused-ring (bicyclic) bond motifs is 3. The molecule has 1 aliphatic carbocycles. The molecule has 0 bridgehead atoms. The monoisotopic (exact) mass is 325 g/mol. The lowest BCUT2D eigenvalue weighted by atomic mass is 9.91. The Kier molecular flexibility index (Phi) is 3.56. The van der Waals surface area contributed by atoms with Gasteiger partial charge in [-0.2, -0.15) is 11.3 Å². The second-order valence-corrected chi connectivity index (χ2v) is 7.27. The summed E-state index contributed by atoms with van der Waals surface area (Å²) >= 11 is 3.27. The minimum absolute atomic E-state index is 0.0306. The van der Waals surface area contributed by atoms with Crippen molar-refractivity contribution in [2.24, 2.45) is 0 Å². The molecule has 0 unspecified atom stereocenters. The predicted octanol–water partition coefficient (Wildman–Crippen LogP) is 4.51. The summed E-state index contributed by atoms with van der Waals surface area (Å²) in [5.41, 5.74) is 5.15. The molecular weight excluding hydrogens is 310 g/mol. The van der Waals surface area contributed by atoms with Gasteiger partial charge in [0.25, 0.3) is 5.91 Å². The summed E-state index contributed by atoms with van der Waals surface area (Å²) in [4.78, 5) is 14.5. The first kappa shape index (κ1) is 13.7. The molecule has 2 aromatic heterocycles. The lowest BCUT2D eigenvalue weighted by Gasteiger charge is -2.15. The summed E-state index contributed by atoms with van der Waals surface area (Å²) in [6.07, 6.45) is 2.09. The van der Waals surface area contributed by atoms with Crippen molar-refractivity contribution in [3.05, 3.63) is 68.7 Å². The van der Waals surface area contributed by atoms with E-state index in [0.29, 0.717) is 6.54 Å². The van der Waals surface area contributed by atoms with Crippen molar-refractivity contribution in [2.45, 2.75) is 19.4 Å². The van der Waals surface area contributed by atoms with E-state index in [4.69, 9.17) is 0 Å². The van der Waals surface area contributed by atoms with E-state index >= 15 is 0 Å². The van der Waals surface area contributed by atoms with Crippen molar-refractivity contribution in [3.8, 4) is 10.4 Å². The number of hydrogen-bond donors (Lipinski definition) is 1. The van der Waals surface area contributed by atoms with Gasteiger partial charge < -0.3 is 5.32 Å². The zero-order valence-corrected chi connectivity index (χ0v) is 13.6. The van der Waals surface area contributed by atoms with Crippen molar-refractivity contribution in [3.63, 3.8) is 0 Å². The Morgan fingerprint density at radius 1 is 1.14 bits per heavy atom. The first-order valence-corrected chi connectivity index (χ1v) is 9.07. The standard InChI is InChI=1S/C18H15NOS2/c20-18(19-10-12-7-8-21-11-12)16-9-14-6-5-13-3-1-2-4-15(13)17(14)22-16/h1-4,7-9,11H,5-6,10H2,(H,19,20). The Labute approximate surface area is 137 Å². The first-order valence-electron chi connectivity index (χ1n) is 7.31. The lowest BCUT2D eigenvalue weighted by Crippen LogP contribution is -2.21. The van der Waals surface area contributed by atoms with Crippen LogP contribution in [-0.4, -0.2) is 5.91 Å². The largest absolute Gasteiger partial charge is 0.347 e. The van der Waals surface area contributed by atoms with Gasteiger partial charge in [-0.25, -0.2) is 0 Å². The van der Waals surface area contributed by atoms with E-state index in [2.05, 4.69) is 41.0 Å². The average Bonchev–Trinajstić information content (AvgIpc) is 3.21. The summed E-state index contributed by atoms with van der Waals surface area (Å²) in [5, 5.41) is 7.11. The highest BCUT2D eigenvalue weighted by Crippen LogP contribution is 2.39. The molecule has 0 fully saturated rings. The van der Waals surface area contributed by atoms with Gasteiger partial charge in [-0.1, -0.05) is 24.3 Å². The van der Waals surface area contributed by atoms with Crippen LogP contribution in [0.4, 0.5) is 0 Å². The van der Waals surface area contributed by atoms with Gasteiger partial charge in [-0.15, -0.1) is 11.3 Å². The van der Waals surface area contributed by atoms with Gasteiger partial charge in [-0.3, -0.25) is 4.79 Å². The number of carbonyl (C=O) groups excluding carboxylic acids is 1. The highest BCUT2D eigenvalue weighted by Gasteiger charge is 2.21. The van der Waals surface area contributed by atoms with Crippen molar-refractivity contribution in [1.82, 2.24) is 5.32 Å². The van der Waals surface area contributed by atoms with Crippen LogP contribution in [0.2, 0.25) is 0 Å². The lowest BCUT2D eigenvalue weighted by molar-refractivity contribution is 0.0955. The maximum atomic E-state index is 12.4. The summed E-state index contributed by atoms with van der Waals surface area (Å²) in [6, 6.07) is 12.6. The van der Waals surface area contributed by atoms with Crippen LogP contribution < -0.4 is 5.32 Å². The van der Waals surface area contributed by atoms with E-state index in [1.165, 1.54) is 21.6 Å². The average molecular weight is 325 g/mol. The molecule has 1 amide bonds. The third kappa shape index (κ3) is 2.49. The van der Waals surface area contributed by atoms with Gasteiger partial charge in [0.15, 0.2) is 0 Å². The highest BCUT2D eigenvalue weighted by atomic mass is 32.1. The normalized spacial score (nSPS) is 12.5. The van der Waals surface area contributed by atoms with E-state index in [-0.39, 0.29) is 5.91 Å². The second-order valence-electron chi connectivity index (χ2n) is 5.44. The van der Waals surface area contributed by atoms with Gasteiger partial charge in [0.1, 0.15) is 0 Å². The van der Waals surface area contributed by atoms with E-state index < -0.39 is 0 Å². The number of rotatable bonds is 3. The molecule has 1 aliphatic rings. The molecule has 0 saturated carbocycles. The number of hydrogen-bond acceptors (Lipinski definition) is 3. The Morgan fingerprint density at radius 2 is 2.00 bits per heavy atom. The van der Waals surface area contributed by atoms with E-state index in [1.54, 1.807) is 22.7 Å². The Hall–Kier alpha value is -1.91. The molecule has 0 saturated heterocycles. The first-order chi connectivity index (χ1) is 10.8. The van der Waals surface area contributed by atoms with Crippen LogP contribution in [0, 0.1) is 0 Å². The van der Waals surface area contributed by atoms with Crippen molar-refractivity contribution in [2.75, 3.05) is 0 Å². The number of thiophene rings is 2. The predicted molar refractivity (Wildman–Crippen MR) is 92.7 cm³/mol. The Morgan fingerprint density at radius 3 is 2.86 bits per heavy atom. The summed E-state index contributed by atoms with van der Waals surface area (Å²) in [6.45, 7) is 0.599. The number of benzene rings is 1. The van der Waals surface area contributed by atoms with Gasteiger partial charge >= 0.3 is 0 Å². The maximum absolute atomic E-state index is 12.4. The summed E-state index contributed by atoms with van der Waals surface area (Å²) in [7, 11) is 0. The van der Waals surface area contributed by atoms with Gasteiger partial charge in [-0.05, 0) is 58.0 Å². The van der Waals surface area contributed by atoms with Crippen molar-refractivity contribution >= 4 is 28.6 Å². The van der Waals surface area contributed by atoms with E-state index in [0.717, 1.165) is 23.3 Å². The molecule has 2 nitrogen and oxygen atoms in total. The molecule has 2 heterocycles. The number of aryl methyl sites for hydroxylation is 2. The molecule has 0 atom stereocenters. The topological polar surface area (TPSA) is 29.1 Å². The number of nitrogens with one attached hydrogen (secondary N) is 1. The third-order valence-electron chi connectivity index (χ3n) is 3.99. The van der Waals surface area contributed by atoms with Crippen LogP contribution >= 0.6 is 22.7 Å². The molecule has 0 spiro atoms. The Balaban J connectivity index is 1.58. The van der Waals surface area contributed by atoms with Crippen molar-refractivity contribution < 1.29 is 4.79 Å². The van der Waals surface area contributed by atoms with Gasteiger partial charge in [0.2, 0.25) is 0 Å². The molecule has 4 rings (SSSR count). The number of carbonyl (C=O) groups is 1. The molecule has 0 radical (unpaired) electrons. The molecule has 1 aromatic carbocycles. The van der Waals surface area contributed by atoms with Gasteiger partial charge in [0.05, 0.1) is 4.88 Å². The highest BCUT2D eigenvalue weighted by molar-refractivity contribution is 7.17. The maximum Gasteiger partial charge on any atom is 0.261 e. The fourth-order valence-electron chi connectivity index (χ4n) is 2.85. The fraction of sp³-hybridized carbons (Fsp3) is 0.167. The second kappa shape index (κ2) is 5.71. The number of amides is 1. The van der Waals surface area contributed by atoms with Crippen LogP contribution in [-0.2, 0) is 19.4 Å². The Bertz CT molecular complexity index is 817. The van der Waals surface area contributed by atoms with Crippen LogP contribution in [0.1, 0.15) is 26.4 Å². The molecule has 1 N–H and O–H groups in total. The molecule has 110 valence electrons. The van der Waals surface area contributed by atoms with E-state index in [1.807, 2.05) is 11.4 Å². The van der Waals surface area contributed by atoms with E-state index in [9.17, 15) is 4.79 Å². The molecule has 22 heavy (non-hydrogen) atoms. The minimum atomic E-state index is 0.0306. The molecule has 4 heteroatoms. The molecule has 0 aliphatic heterocycles. The fourth-order valence-corrected chi connectivity index (χ4v) is 4.70. The smallest absolute Gasteiger partial charge is 0.261 e. The zero-order chi connectivity index (χ0) is 14.9. The summed E-state index contributed by atoms with van der Waals surface area (Å²) in [5.74, 6) is 0.0306. The summed E-state index contributed by atoms with van der Waals surface area (Å²) < 4.78 is 0. The SMILES string of the molecule is O=C(NCc1ccsc1)c1cc2c(s1)-c1ccccc1CC2. The van der Waals surface area contributed by atoms with Crippen LogP contribution in [0.5, 0.6) is 0 Å². The van der Waals surface area contributed by atoms with Crippen LogP contribution in [0.3, 0.4) is 0 Å². The third-order valence-corrected chi connectivity index (χ3v) is 5.93. The quantitative estimate of drug-likeness (QED) is 0.754. The van der Waals surface area contributed by atoms with Crippen LogP contribution in [0.15, 0.2) is 47.2 Å². The van der Waals surface area contributed by atoms with Crippen molar-refractivity contribution in [1.29, 1.82) is 0 Å². The molecule has 3 aromatic rings. The minimum Gasteiger partial charge on any atom is -0.347 e. The van der Waals surface area contributed by atoms with Gasteiger partial charge in [0, 0.05) is 11.4 Å².